The summed E-state index contributed by atoms with van der Waals surface area (Å²) in [6.45, 7) is 0. The summed E-state index contributed by atoms with van der Waals surface area (Å²) in [5, 5.41) is 0. The minimum Gasteiger partial charge on any atom is -0.317 e. The maximum absolute atomic E-state index is 4.87. The summed E-state index contributed by atoms with van der Waals surface area (Å²) in [5.74, 6) is 0. The van der Waals surface area contributed by atoms with E-state index in [-0.39, 0.29) is 0 Å². The van der Waals surface area contributed by atoms with Gasteiger partial charge in [-0.25, -0.2) is 0 Å². The van der Waals surface area contributed by atoms with Gasteiger partial charge in [-0.3, -0.25) is 0 Å². The van der Waals surface area contributed by atoms with Crippen molar-refractivity contribution in [3.8, 4) is 0 Å². The maximum Gasteiger partial charge on any atom is 0.567 e. The highest BCUT2D eigenvalue weighted by molar-refractivity contribution is 7.54. The normalized spacial score (nSPS) is 10.3. The van der Waals surface area contributed by atoms with Crippen LogP contribution in [0.25, 0.3) is 0 Å². The van der Waals surface area contributed by atoms with Gasteiger partial charge in [0, 0.05) is 18.7 Å². The summed E-state index contributed by atoms with van der Waals surface area (Å²) in [4.78, 5) is 0. The van der Waals surface area contributed by atoms with Gasteiger partial charge in [0.1, 0.15) is 0 Å². The number of hydrogen-bond acceptors (Lipinski definition) is 5. The molecule has 0 fully saturated rings. The topological polar surface area (TPSA) is 49.3 Å². The van der Waals surface area contributed by atoms with Gasteiger partial charge >= 0.3 is 16.7 Å². The van der Waals surface area contributed by atoms with Crippen molar-refractivity contribution < 1.29 is 18.1 Å². The molecule has 0 aliphatic heterocycles. The predicted molar refractivity (Wildman–Crippen MR) is 44.3 cm³/mol. The van der Waals surface area contributed by atoms with Crippen LogP contribution in [0.3, 0.4) is 0 Å². The molecule has 0 saturated carbocycles. The molecule has 0 atom stereocenters. The fourth-order valence-electron chi connectivity index (χ4n) is 0.355. The molecule has 11 heavy (non-hydrogen) atoms. The molecule has 0 aliphatic rings. The molecule has 0 aromatic carbocycles. The average Bonchev–Trinajstić information content (AvgIpc) is 2.07. The highest BCUT2D eigenvalue weighted by Crippen LogP contribution is 2.46. The first-order chi connectivity index (χ1) is 5.28. The number of rotatable bonds is 5. The van der Waals surface area contributed by atoms with Crippen LogP contribution in [-0.4, -0.2) is 28.4 Å². The first-order valence-electron chi connectivity index (χ1n) is 2.76. The largest absolute Gasteiger partial charge is 0.567 e. The molecule has 0 radical (unpaired) electrons. The Balaban J connectivity index is 3.98. The lowest BCUT2D eigenvalue weighted by Crippen LogP contribution is -1.77. The van der Waals surface area contributed by atoms with Gasteiger partial charge in [0.15, 0.2) is 0 Å². The van der Waals surface area contributed by atoms with Crippen LogP contribution in [0, 0.1) is 0 Å². The highest BCUT2D eigenvalue weighted by atomic mass is 31.2. The van der Waals surface area contributed by atoms with Crippen molar-refractivity contribution in [2.24, 2.45) is 4.52 Å². The van der Waals surface area contributed by atoms with E-state index in [0.29, 0.717) is 0 Å². The minimum absolute atomic E-state index is 1.20. The fraction of sp³-hybridized carbons (Fsp3) is 1.00. The zero-order chi connectivity index (χ0) is 8.69. The Morgan fingerprint density at radius 2 is 1.45 bits per heavy atom. The summed E-state index contributed by atoms with van der Waals surface area (Å²) < 4.78 is 23.5. The number of nitrogens with zero attached hydrogens (tertiary/aromatic N) is 1. The Morgan fingerprint density at radius 3 is 1.73 bits per heavy atom. The van der Waals surface area contributed by atoms with E-state index in [1.165, 1.54) is 28.4 Å². The second-order valence-corrected chi connectivity index (χ2v) is 4.42. The summed E-state index contributed by atoms with van der Waals surface area (Å²) >= 11 is 0. The molecular weight excluding hydrogens is 188 g/mol. The molecule has 0 rings (SSSR count). The molecule has 7 heteroatoms. The van der Waals surface area contributed by atoms with Gasteiger partial charge in [-0.2, -0.15) is 0 Å². The lowest BCUT2D eigenvalue weighted by molar-refractivity contribution is 0.333. The third-order valence-corrected chi connectivity index (χ3v) is 3.19. The lowest BCUT2D eigenvalue weighted by atomic mass is 11.8. The van der Waals surface area contributed by atoms with Gasteiger partial charge in [-0.1, -0.05) is 0 Å². The summed E-state index contributed by atoms with van der Waals surface area (Å²) in [6, 6.07) is 0. The van der Waals surface area contributed by atoms with Crippen LogP contribution < -0.4 is 0 Å². The standard InChI is InChI=1S/C4H12NO4P2/c1-6-10(7-2)5-11(8-3)9-4/h1-4H3/q+1. The highest BCUT2D eigenvalue weighted by Gasteiger charge is 2.19. The van der Waals surface area contributed by atoms with Crippen LogP contribution in [0.5, 0.6) is 0 Å². The Hall–Kier alpha value is 0.370. The van der Waals surface area contributed by atoms with Crippen LogP contribution in [0.1, 0.15) is 0 Å². The van der Waals surface area contributed by atoms with E-state index in [4.69, 9.17) is 18.1 Å². The molecule has 5 nitrogen and oxygen atoms in total. The third-order valence-electron chi connectivity index (χ3n) is 0.771. The molecule has 0 aliphatic carbocycles. The molecule has 0 N–H and O–H groups in total. The average molecular weight is 200 g/mol. The second kappa shape index (κ2) is 7.04. The van der Waals surface area contributed by atoms with Crippen molar-refractivity contribution in [1.82, 2.24) is 0 Å². The van der Waals surface area contributed by atoms with Crippen molar-refractivity contribution in [3.05, 3.63) is 0 Å². The molecule has 0 spiro atoms. The van der Waals surface area contributed by atoms with Crippen molar-refractivity contribution in [3.63, 3.8) is 0 Å². The Kier molecular flexibility index (Phi) is 7.28. The van der Waals surface area contributed by atoms with Gasteiger partial charge in [0.25, 0.3) is 0 Å². The van der Waals surface area contributed by atoms with E-state index in [1.54, 1.807) is 0 Å². The van der Waals surface area contributed by atoms with Gasteiger partial charge < -0.3 is 9.05 Å². The zero-order valence-electron chi connectivity index (χ0n) is 6.97. The quantitative estimate of drug-likeness (QED) is 0.639. The Morgan fingerprint density at radius 1 is 1.00 bits per heavy atom. The minimum atomic E-state index is -1.20. The fourth-order valence-corrected chi connectivity index (χ4v) is 2.30. The predicted octanol–water partition coefficient (Wildman–Crippen LogP) is 2.29. The van der Waals surface area contributed by atoms with E-state index in [9.17, 15) is 0 Å². The van der Waals surface area contributed by atoms with Gasteiger partial charge in [-0.15, -0.1) is 9.05 Å². The molecular formula is C4H12NO4P2+. The molecule has 0 aromatic rings. The maximum atomic E-state index is 4.87. The van der Waals surface area contributed by atoms with Crippen LogP contribution in [0.4, 0.5) is 0 Å². The van der Waals surface area contributed by atoms with Crippen LogP contribution in [0.2, 0.25) is 0 Å². The van der Waals surface area contributed by atoms with Crippen molar-refractivity contribution in [1.29, 1.82) is 0 Å². The van der Waals surface area contributed by atoms with Crippen LogP contribution in [-0.2, 0) is 18.1 Å². The Bertz CT molecular complexity index is 121. The first kappa shape index (κ1) is 11.4. The molecule has 0 amide bonds. The summed E-state index contributed by atoms with van der Waals surface area (Å²) in [6.07, 6.45) is 0. The van der Waals surface area contributed by atoms with Gasteiger partial charge in [0.05, 0.1) is 14.2 Å². The second-order valence-electron chi connectivity index (χ2n) is 1.30. The molecule has 0 saturated heterocycles. The van der Waals surface area contributed by atoms with Gasteiger partial charge in [0.2, 0.25) is 0 Å². The van der Waals surface area contributed by atoms with E-state index >= 15 is 0 Å². The molecule has 0 aromatic heterocycles. The monoisotopic (exact) mass is 200 g/mol. The SMILES string of the molecule is COP(N=[P+](OC)OC)OC. The molecule has 0 unspecified atom stereocenters. The molecule has 0 heterocycles. The van der Waals surface area contributed by atoms with Crippen LogP contribution >= 0.6 is 16.7 Å². The lowest BCUT2D eigenvalue weighted by Gasteiger charge is -1.98. The van der Waals surface area contributed by atoms with E-state index in [0.717, 1.165) is 0 Å². The zero-order valence-corrected chi connectivity index (χ0v) is 8.76. The van der Waals surface area contributed by atoms with Crippen molar-refractivity contribution in [2.75, 3.05) is 28.4 Å². The third kappa shape index (κ3) is 4.75. The van der Waals surface area contributed by atoms with Crippen molar-refractivity contribution >= 4 is 16.7 Å². The Labute approximate surface area is 68.6 Å². The van der Waals surface area contributed by atoms with E-state index in [2.05, 4.69) is 4.52 Å². The smallest absolute Gasteiger partial charge is 0.317 e. The van der Waals surface area contributed by atoms with E-state index in [1.807, 2.05) is 0 Å². The summed E-state index contributed by atoms with van der Waals surface area (Å²) in [7, 11) is 3.69. The number of hydrogen-bond donors (Lipinski definition) is 0. The van der Waals surface area contributed by atoms with Crippen molar-refractivity contribution in [2.45, 2.75) is 0 Å². The summed E-state index contributed by atoms with van der Waals surface area (Å²) in [5.41, 5.74) is 0. The van der Waals surface area contributed by atoms with Gasteiger partial charge in [-0.05, 0) is 0 Å². The van der Waals surface area contributed by atoms with Crippen LogP contribution in [0.15, 0.2) is 4.52 Å². The van der Waals surface area contributed by atoms with E-state index < -0.39 is 16.7 Å². The molecule has 66 valence electrons. The first-order valence-corrected chi connectivity index (χ1v) is 5.02. The molecule has 0 bridgehead atoms.